The van der Waals surface area contributed by atoms with Crippen molar-refractivity contribution in [3.63, 3.8) is 0 Å². The number of benzene rings is 1. The van der Waals surface area contributed by atoms with E-state index >= 15 is 0 Å². The second-order valence-corrected chi connectivity index (χ2v) is 4.14. The van der Waals surface area contributed by atoms with Crippen molar-refractivity contribution in [2.24, 2.45) is 0 Å². The Balaban J connectivity index is 1.92. The Labute approximate surface area is 89.3 Å². The molecule has 1 heterocycles. The molecule has 1 fully saturated rings. The number of likely N-dealkylation sites (tertiary alicyclic amines) is 1. The zero-order valence-electron chi connectivity index (χ0n) is 8.69. The van der Waals surface area contributed by atoms with Crippen molar-refractivity contribution >= 4 is 0 Å². The fourth-order valence-electron chi connectivity index (χ4n) is 1.97. The molecule has 0 atom stereocenters. The minimum atomic E-state index is -0.176. The van der Waals surface area contributed by atoms with Gasteiger partial charge in [-0.1, -0.05) is 12.1 Å². The van der Waals surface area contributed by atoms with E-state index in [-0.39, 0.29) is 11.9 Å². The van der Waals surface area contributed by atoms with Gasteiger partial charge in [-0.3, -0.25) is 4.90 Å². The van der Waals surface area contributed by atoms with E-state index in [0.717, 1.165) is 38.0 Å². The normalized spacial score (nSPS) is 19.3. The molecule has 3 heteroatoms. The Morgan fingerprint density at radius 3 is 2.73 bits per heavy atom. The fraction of sp³-hybridized carbons (Fsp3) is 0.500. The Morgan fingerprint density at radius 1 is 1.33 bits per heavy atom. The molecular weight excluding hydrogens is 193 g/mol. The van der Waals surface area contributed by atoms with Crippen molar-refractivity contribution in [2.45, 2.75) is 25.5 Å². The highest BCUT2D eigenvalue weighted by molar-refractivity contribution is 5.16. The first-order valence-corrected chi connectivity index (χ1v) is 5.39. The summed E-state index contributed by atoms with van der Waals surface area (Å²) in [6, 6.07) is 6.71. The molecule has 15 heavy (non-hydrogen) atoms. The summed E-state index contributed by atoms with van der Waals surface area (Å²) in [5.74, 6) is -0.176. The predicted molar refractivity (Wildman–Crippen MR) is 56.9 cm³/mol. The van der Waals surface area contributed by atoms with Gasteiger partial charge in [-0.2, -0.15) is 0 Å². The molecule has 1 N–H and O–H groups in total. The summed E-state index contributed by atoms with van der Waals surface area (Å²) in [4.78, 5) is 2.25. The number of rotatable bonds is 2. The number of hydrogen-bond acceptors (Lipinski definition) is 2. The highest BCUT2D eigenvalue weighted by Crippen LogP contribution is 2.14. The van der Waals surface area contributed by atoms with Gasteiger partial charge in [0.25, 0.3) is 0 Å². The molecule has 0 unspecified atom stereocenters. The fourth-order valence-corrected chi connectivity index (χ4v) is 1.97. The molecule has 0 spiro atoms. The van der Waals surface area contributed by atoms with Crippen LogP contribution in [0.15, 0.2) is 24.3 Å². The summed E-state index contributed by atoms with van der Waals surface area (Å²) >= 11 is 0. The van der Waals surface area contributed by atoms with Crippen molar-refractivity contribution in [1.82, 2.24) is 4.90 Å². The topological polar surface area (TPSA) is 23.5 Å². The lowest BCUT2D eigenvalue weighted by Crippen LogP contribution is -2.35. The minimum absolute atomic E-state index is 0.145. The predicted octanol–water partition coefficient (Wildman–Crippen LogP) is 1.78. The standard InChI is InChI=1S/C12H16FNO/c13-11-3-1-2-10(8-11)9-14-6-4-12(15)5-7-14/h1-3,8,12,15H,4-7,9H2. The number of piperidine rings is 1. The van der Waals surface area contributed by atoms with Gasteiger partial charge in [0.15, 0.2) is 0 Å². The highest BCUT2D eigenvalue weighted by Gasteiger charge is 2.16. The van der Waals surface area contributed by atoms with Gasteiger partial charge in [0, 0.05) is 19.6 Å². The van der Waals surface area contributed by atoms with Crippen molar-refractivity contribution < 1.29 is 9.50 Å². The second kappa shape index (κ2) is 4.73. The number of hydrogen-bond donors (Lipinski definition) is 1. The average molecular weight is 209 g/mol. The highest BCUT2D eigenvalue weighted by atomic mass is 19.1. The first-order chi connectivity index (χ1) is 7.24. The van der Waals surface area contributed by atoms with E-state index in [9.17, 15) is 9.50 Å². The van der Waals surface area contributed by atoms with Crippen LogP contribution in [0.2, 0.25) is 0 Å². The first-order valence-electron chi connectivity index (χ1n) is 5.39. The second-order valence-electron chi connectivity index (χ2n) is 4.14. The molecule has 0 amide bonds. The summed E-state index contributed by atoms with van der Waals surface area (Å²) in [7, 11) is 0. The number of halogens is 1. The SMILES string of the molecule is OC1CCN(Cc2cccc(F)c2)CC1. The molecule has 1 saturated heterocycles. The zero-order valence-corrected chi connectivity index (χ0v) is 8.69. The van der Waals surface area contributed by atoms with E-state index in [1.165, 1.54) is 6.07 Å². The maximum Gasteiger partial charge on any atom is 0.123 e. The van der Waals surface area contributed by atoms with Crippen molar-refractivity contribution in [3.8, 4) is 0 Å². The lowest BCUT2D eigenvalue weighted by molar-refractivity contribution is 0.0792. The van der Waals surface area contributed by atoms with Crippen LogP contribution in [-0.2, 0) is 6.54 Å². The van der Waals surface area contributed by atoms with Crippen molar-refractivity contribution in [1.29, 1.82) is 0 Å². The summed E-state index contributed by atoms with van der Waals surface area (Å²) in [5.41, 5.74) is 1.01. The van der Waals surface area contributed by atoms with E-state index in [1.54, 1.807) is 12.1 Å². The van der Waals surface area contributed by atoms with Crippen LogP contribution >= 0.6 is 0 Å². The molecule has 0 aromatic heterocycles. The van der Waals surface area contributed by atoms with Gasteiger partial charge in [0.2, 0.25) is 0 Å². The Kier molecular flexibility index (Phi) is 3.34. The molecule has 1 aliphatic rings. The van der Waals surface area contributed by atoms with Crippen molar-refractivity contribution in [3.05, 3.63) is 35.6 Å². The minimum Gasteiger partial charge on any atom is -0.393 e. The molecule has 2 nitrogen and oxygen atoms in total. The van der Waals surface area contributed by atoms with Crippen LogP contribution < -0.4 is 0 Å². The molecule has 0 bridgehead atoms. The van der Waals surface area contributed by atoms with Gasteiger partial charge in [-0.15, -0.1) is 0 Å². The van der Waals surface area contributed by atoms with Gasteiger partial charge < -0.3 is 5.11 Å². The van der Waals surface area contributed by atoms with E-state index < -0.39 is 0 Å². The molecule has 0 radical (unpaired) electrons. The molecule has 1 aliphatic heterocycles. The van der Waals surface area contributed by atoms with Crippen LogP contribution in [0.3, 0.4) is 0 Å². The van der Waals surface area contributed by atoms with Crippen LogP contribution in [0.25, 0.3) is 0 Å². The van der Waals surface area contributed by atoms with Gasteiger partial charge in [0.05, 0.1) is 6.10 Å². The summed E-state index contributed by atoms with van der Waals surface area (Å²) in [6.07, 6.45) is 1.51. The smallest absolute Gasteiger partial charge is 0.123 e. The molecular formula is C12H16FNO. The Morgan fingerprint density at radius 2 is 2.07 bits per heavy atom. The van der Waals surface area contributed by atoms with E-state index in [1.807, 2.05) is 6.07 Å². The largest absolute Gasteiger partial charge is 0.393 e. The Bertz CT molecular complexity index is 321. The zero-order chi connectivity index (χ0) is 10.7. The number of aliphatic hydroxyl groups is 1. The quantitative estimate of drug-likeness (QED) is 0.802. The number of aliphatic hydroxyl groups excluding tert-OH is 1. The Hall–Kier alpha value is -0.930. The average Bonchev–Trinajstić information content (AvgIpc) is 2.22. The third-order valence-corrected chi connectivity index (χ3v) is 2.85. The van der Waals surface area contributed by atoms with Crippen LogP contribution in [-0.4, -0.2) is 29.2 Å². The molecule has 82 valence electrons. The van der Waals surface area contributed by atoms with Gasteiger partial charge in [0.1, 0.15) is 5.82 Å². The van der Waals surface area contributed by atoms with E-state index in [0.29, 0.717) is 0 Å². The maximum atomic E-state index is 12.9. The van der Waals surface area contributed by atoms with Crippen molar-refractivity contribution in [2.75, 3.05) is 13.1 Å². The maximum absolute atomic E-state index is 12.9. The number of nitrogens with zero attached hydrogens (tertiary/aromatic N) is 1. The van der Waals surface area contributed by atoms with Crippen LogP contribution in [0, 0.1) is 5.82 Å². The lowest BCUT2D eigenvalue weighted by Gasteiger charge is -2.29. The van der Waals surface area contributed by atoms with E-state index in [4.69, 9.17) is 0 Å². The van der Waals surface area contributed by atoms with Crippen LogP contribution in [0.4, 0.5) is 4.39 Å². The molecule has 0 saturated carbocycles. The third kappa shape index (κ3) is 3.01. The van der Waals surface area contributed by atoms with Gasteiger partial charge in [-0.25, -0.2) is 4.39 Å². The summed E-state index contributed by atoms with van der Waals surface area (Å²) in [5, 5.41) is 9.35. The third-order valence-electron chi connectivity index (χ3n) is 2.85. The monoisotopic (exact) mass is 209 g/mol. The van der Waals surface area contributed by atoms with Crippen LogP contribution in [0.5, 0.6) is 0 Å². The summed E-state index contributed by atoms with van der Waals surface area (Å²) in [6.45, 7) is 2.58. The van der Waals surface area contributed by atoms with Crippen LogP contribution in [0.1, 0.15) is 18.4 Å². The molecule has 0 aliphatic carbocycles. The van der Waals surface area contributed by atoms with E-state index in [2.05, 4.69) is 4.90 Å². The summed E-state index contributed by atoms with van der Waals surface area (Å²) < 4.78 is 12.9. The van der Waals surface area contributed by atoms with Gasteiger partial charge in [-0.05, 0) is 30.5 Å². The molecule has 1 aromatic carbocycles. The molecule has 2 rings (SSSR count). The molecule has 1 aromatic rings. The lowest BCUT2D eigenvalue weighted by atomic mass is 10.1. The van der Waals surface area contributed by atoms with Gasteiger partial charge >= 0.3 is 0 Å². The first kappa shape index (κ1) is 10.6.